The van der Waals surface area contributed by atoms with Gasteiger partial charge in [-0.2, -0.15) is 8.42 Å². The summed E-state index contributed by atoms with van der Waals surface area (Å²) in [6.07, 6.45) is 1.62. The summed E-state index contributed by atoms with van der Waals surface area (Å²) in [7, 11) is -0.994. The van der Waals surface area contributed by atoms with Crippen LogP contribution in [0, 0.1) is 0 Å². The van der Waals surface area contributed by atoms with E-state index in [0.29, 0.717) is 29.3 Å². The number of aromatic nitrogens is 1. The lowest BCUT2D eigenvalue weighted by atomic mass is 10.1. The van der Waals surface area contributed by atoms with Gasteiger partial charge in [-0.05, 0) is 23.8 Å². The van der Waals surface area contributed by atoms with Crippen molar-refractivity contribution in [2.75, 3.05) is 37.0 Å². The smallest absolute Gasteiger partial charge is 0.326 e. The number of hydrogen-bond acceptors (Lipinski definition) is 7. The SMILES string of the molecule is COCCOc1cc2c(c(N(C)S(=O)(=O)c3ccccn3)c1)NC(C(=O)O)C2. The predicted octanol–water partition coefficient (Wildman–Crippen LogP) is 1.35. The Kier molecular flexibility index (Phi) is 5.71. The molecule has 1 unspecified atom stereocenters. The molecule has 0 saturated heterocycles. The normalized spacial score (nSPS) is 15.6. The number of sulfonamides is 1. The van der Waals surface area contributed by atoms with Gasteiger partial charge in [0, 0.05) is 32.8 Å². The van der Waals surface area contributed by atoms with Crippen LogP contribution in [0.3, 0.4) is 0 Å². The number of methoxy groups -OCH3 is 1. The molecule has 1 atom stereocenters. The van der Waals surface area contributed by atoms with Crippen LogP contribution in [-0.2, 0) is 26.0 Å². The van der Waals surface area contributed by atoms with Crippen LogP contribution in [0.5, 0.6) is 5.75 Å². The molecule has 150 valence electrons. The maximum atomic E-state index is 13.0. The van der Waals surface area contributed by atoms with E-state index in [9.17, 15) is 18.3 Å². The lowest BCUT2D eigenvalue weighted by Gasteiger charge is -2.23. The molecule has 0 saturated carbocycles. The maximum absolute atomic E-state index is 13.0. The van der Waals surface area contributed by atoms with Gasteiger partial charge >= 0.3 is 5.97 Å². The van der Waals surface area contributed by atoms with Gasteiger partial charge in [0.1, 0.15) is 18.4 Å². The molecule has 0 fully saturated rings. The monoisotopic (exact) mass is 407 g/mol. The number of pyridine rings is 1. The molecule has 1 aromatic carbocycles. The lowest BCUT2D eigenvalue weighted by molar-refractivity contribution is -0.137. The molecule has 1 aliphatic heterocycles. The first-order chi connectivity index (χ1) is 13.3. The molecule has 1 aliphatic rings. The van der Waals surface area contributed by atoms with Crippen molar-refractivity contribution in [3.8, 4) is 5.75 Å². The first kappa shape index (κ1) is 19.9. The molecule has 28 heavy (non-hydrogen) atoms. The van der Waals surface area contributed by atoms with Crippen LogP contribution >= 0.6 is 0 Å². The van der Waals surface area contributed by atoms with Crippen LogP contribution in [0.2, 0.25) is 0 Å². The fourth-order valence-corrected chi connectivity index (χ4v) is 4.05. The second-order valence-corrected chi connectivity index (χ2v) is 8.11. The van der Waals surface area contributed by atoms with Gasteiger partial charge in [0.05, 0.1) is 18.0 Å². The quantitative estimate of drug-likeness (QED) is 0.630. The summed E-state index contributed by atoms with van der Waals surface area (Å²) in [6.45, 7) is 0.645. The second kappa shape index (κ2) is 8.03. The van der Waals surface area contributed by atoms with E-state index in [1.54, 1.807) is 31.4 Å². The molecule has 0 amide bonds. The Labute approximate surface area is 163 Å². The maximum Gasteiger partial charge on any atom is 0.326 e. The minimum atomic E-state index is -3.94. The molecule has 10 heteroatoms. The molecule has 2 aromatic rings. The van der Waals surface area contributed by atoms with Crippen molar-refractivity contribution in [2.24, 2.45) is 0 Å². The van der Waals surface area contributed by atoms with E-state index >= 15 is 0 Å². The molecular formula is C18H21N3O6S. The highest BCUT2D eigenvalue weighted by atomic mass is 32.2. The average Bonchev–Trinajstić information content (AvgIpc) is 3.12. The topological polar surface area (TPSA) is 118 Å². The van der Waals surface area contributed by atoms with Crippen LogP contribution in [0.1, 0.15) is 5.56 Å². The zero-order valence-electron chi connectivity index (χ0n) is 15.5. The Balaban J connectivity index is 2.02. The zero-order chi connectivity index (χ0) is 20.3. The van der Waals surface area contributed by atoms with Gasteiger partial charge in [0.25, 0.3) is 10.0 Å². The van der Waals surface area contributed by atoms with Crippen molar-refractivity contribution in [2.45, 2.75) is 17.5 Å². The van der Waals surface area contributed by atoms with Crippen molar-refractivity contribution in [1.82, 2.24) is 4.98 Å². The molecule has 2 N–H and O–H groups in total. The molecule has 2 heterocycles. The van der Waals surface area contributed by atoms with Gasteiger partial charge in [0.15, 0.2) is 5.03 Å². The number of carboxylic acid groups (broad SMARTS) is 1. The number of aliphatic carboxylic acids is 1. The van der Waals surface area contributed by atoms with Crippen LogP contribution in [0.25, 0.3) is 0 Å². The minimum absolute atomic E-state index is 0.107. The molecular weight excluding hydrogens is 386 g/mol. The Morgan fingerprint density at radius 2 is 2.14 bits per heavy atom. The summed E-state index contributed by atoms with van der Waals surface area (Å²) >= 11 is 0. The molecule has 0 radical (unpaired) electrons. The number of hydrogen-bond donors (Lipinski definition) is 2. The van der Waals surface area contributed by atoms with Gasteiger partial charge in [0.2, 0.25) is 0 Å². The Bertz CT molecular complexity index is 965. The number of carboxylic acids is 1. The number of benzene rings is 1. The molecule has 0 bridgehead atoms. The van der Waals surface area contributed by atoms with Crippen LogP contribution in [0.15, 0.2) is 41.6 Å². The fraction of sp³-hybridized carbons (Fsp3) is 0.333. The Morgan fingerprint density at radius 3 is 2.79 bits per heavy atom. The summed E-state index contributed by atoms with van der Waals surface area (Å²) in [4.78, 5) is 15.3. The van der Waals surface area contributed by atoms with E-state index in [1.165, 1.54) is 19.3 Å². The van der Waals surface area contributed by atoms with E-state index in [2.05, 4.69) is 10.3 Å². The highest BCUT2D eigenvalue weighted by Crippen LogP contribution is 2.40. The third kappa shape index (κ3) is 3.87. The summed E-state index contributed by atoms with van der Waals surface area (Å²) < 4.78 is 37.6. The number of fused-ring (bicyclic) bond motifs is 1. The molecule has 9 nitrogen and oxygen atoms in total. The van der Waals surface area contributed by atoms with Gasteiger partial charge in [-0.3, -0.25) is 4.31 Å². The zero-order valence-corrected chi connectivity index (χ0v) is 16.3. The van der Waals surface area contributed by atoms with E-state index in [1.807, 2.05) is 0 Å². The van der Waals surface area contributed by atoms with Crippen LogP contribution in [0.4, 0.5) is 11.4 Å². The summed E-state index contributed by atoms with van der Waals surface area (Å²) in [5.41, 5.74) is 1.41. The van der Waals surface area contributed by atoms with Gasteiger partial charge in [-0.15, -0.1) is 0 Å². The van der Waals surface area contributed by atoms with Crippen molar-refractivity contribution >= 4 is 27.4 Å². The van der Waals surface area contributed by atoms with E-state index in [4.69, 9.17) is 9.47 Å². The molecule has 0 aliphatic carbocycles. The van der Waals surface area contributed by atoms with Gasteiger partial charge < -0.3 is 19.9 Å². The molecule has 3 rings (SSSR count). The summed E-state index contributed by atoms with van der Waals surface area (Å²) in [6, 6.07) is 7.05. The van der Waals surface area contributed by atoms with Gasteiger partial charge in [-0.1, -0.05) is 6.07 Å². The third-order valence-corrected chi connectivity index (χ3v) is 6.06. The summed E-state index contributed by atoms with van der Waals surface area (Å²) in [5, 5.41) is 12.1. The number of anilines is 2. The molecule has 0 spiro atoms. The first-order valence-corrected chi connectivity index (χ1v) is 9.96. The Hall–Kier alpha value is -2.85. The van der Waals surface area contributed by atoms with Crippen molar-refractivity contribution in [3.63, 3.8) is 0 Å². The van der Waals surface area contributed by atoms with Crippen molar-refractivity contribution in [1.29, 1.82) is 0 Å². The number of nitrogens with one attached hydrogen (secondary N) is 1. The van der Waals surface area contributed by atoms with E-state index < -0.39 is 22.0 Å². The highest BCUT2D eigenvalue weighted by molar-refractivity contribution is 7.92. The third-order valence-electron chi connectivity index (χ3n) is 4.37. The van der Waals surface area contributed by atoms with Crippen LogP contribution in [-0.4, -0.2) is 57.9 Å². The predicted molar refractivity (Wildman–Crippen MR) is 102 cm³/mol. The Morgan fingerprint density at radius 1 is 1.36 bits per heavy atom. The van der Waals surface area contributed by atoms with E-state index in [0.717, 1.165) is 4.31 Å². The summed E-state index contributed by atoms with van der Waals surface area (Å²) in [5.74, 6) is -0.582. The standard InChI is InChI=1S/C18H21N3O6S/c1-21(28(24,25)16-5-3-4-6-19-16)15-11-13(27-8-7-26-2)9-12-10-14(18(22)23)20-17(12)15/h3-6,9,11,14,20H,7-8,10H2,1-2H3,(H,22,23). The second-order valence-electron chi connectivity index (χ2n) is 6.20. The largest absolute Gasteiger partial charge is 0.491 e. The van der Waals surface area contributed by atoms with Crippen LogP contribution < -0.4 is 14.4 Å². The minimum Gasteiger partial charge on any atom is -0.491 e. The average molecular weight is 407 g/mol. The number of ether oxygens (including phenoxy) is 2. The van der Waals surface area contributed by atoms with E-state index in [-0.39, 0.29) is 18.1 Å². The van der Waals surface area contributed by atoms with Gasteiger partial charge in [-0.25, -0.2) is 9.78 Å². The number of carbonyl (C=O) groups is 1. The first-order valence-electron chi connectivity index (χ1n) is 8.52. The van der Waals surface area contributed by atoms with Crippen molar-refractivity contribution in [3.05, 3.63) is 42.1 Å². The number of nitrogens with zero attached hydrogens (tertiary/aromatic N) is 2. The fourth-order valence-electron chi connectivity index (χ4n) is 2.92. The van der Waals surface area contributed by atoms with Crippen molar-refractivity contribution < 1.29 is 27.8 Å². The number of rotatable bonds is 8. The highest BCUT2D eigenvalue weighted by Gasteiger charge is 2.33. The lowest BCUT2D eigenvalue weighted by Crippen LogP contribution is -2.29. The molecule has 1 aromatic heterocycles.